The first-order chi connectivity index (χ1) is 15.3. The molecule has 1 aliphatic rings. The smallest absolute Gasteiger partial charge is 0.416 e. The molecule has 3 aromatic rings. The Morgan fingerprint density at radius 3 is 2.47 bits per heavy atom. The van der Waals surface area contributed by atoms with Crippen molar-refractivity contribution in [3.05, 3.63) is 54.1 Å². The van der Waals surface area contributed by atoms with Gasteiger partial charge in [-0.3, -0.25) is 4.79 Å². The van der Waals surface area contributed by atoms with Gasteiger partial charge in [-0.25, -0.2) is 0 Å². The largest absolute Gasteiger partial charge is 0.508 e. The van der Waals surface area contributed by atoms with Crippen LogP contribution in [0, 0.1) is 0 Å². The summed E-state index contributed by atoms with van der Waals surface area (Å²) in [6, 6.07) is 11.5. The third-order valence-corrected chi connectivity index (χ3v) is 5.81. The first kappa shape index (κ1) is 22.0. The lowest BCUT2D eigenvalue weighted by Gasteiger charge is -2.36. The van der Waals surface area contributed by atoms with E-state index in [0.717, 1.165) is 23.9 Å². The monoisotopic (exact) mass is 464 g/mol. The van der Waals surface area contributed by atoms with E-state index >= 15 is 0 Å². The standard InChI is InChI=1S/C21H19F3N4O3S/c22-21(23,24)15-2-1-3-16(12-15)27-8-10-28(11-9-27)18(30)13-32-20-26-25-19(31-20)14-4-6-17(29)7-5-14/h1-7,12,29H,8-11,13H2. The van der Waals surface area contributed by atoms with Crippen LogP contribution >= 0.6 is 11.8 Å². The summed E-state index contributed by atoms with van der Waals surface area (Å²) in [6.07, 6.45) is -4.39. The maximum atomic E-state index is 12.9. The van der Waals surface area contributed by atoms with Crippen molar-refractivity contribution in [1.29, 1.82) is 0 Å². The predicted octanol–water partition coefficient (Wildman–Crippen LogP) is 3.90. The Balaban J connectivity index is 1.29. The van der Waals surface area contributed by atoms with Gasteiger partial charge in [0.1, 0.15) is 5.75 Å². The molecule has 1 saturated heterocycles. The molecule has 0 atom stereocenters. The second-order valence-corrected chi connectivity index (χ2v) is 8.05. The summed E-state index contributed by atoms with van der Waals surface area (Å²) in [5.41, 5.74) is 0.462. The molecule has 168 valence electrons. The van der Waals surface area contributed by atoms with Crippen molar-refractivity contribution in [3.63, 3.8) is 0 Å². The number of benzene rings is 2. The molecule has 4 rings (SSSR count). The topological polar surface area (TPSA) is 82.7 Å². The van der Waals surface area contributed by atoms with E-state index in [0.29, 0.717) is 37.4 Å². The zero-order valence-corrected chi connectivity index (χ0v) is 17.6. The van der Waals surface area contributed by atoms with Gasteiger partial charge in [0.2, 0.25) is 11.8 Å². The van der Waals surface area contributed by atoms with E-state index in [1.54, 1.807) is 23.1 Å². The molecule has 2 heterocycles. The van der Waals surface area contributed by atoms with Gasteiger partial charge in [0, 0.05) is 37.4 Å². The molecule has 7 nitrogen and oxygen atoms in total. The fraction of sp³-hybridized carbons (Fsp3) is 0.286. The molecule has 0 radical (unpaired) electrons. The van der Waals surface area contributed by atoms with E-state index in [1.165, 1.54) is 18.2 Å². The minimum Gasteiger partial charge on any atom is -0.508 e. The molecule has 1 amide bonds. The highest BCUT2D eigenvalue weighted by Crippen LogP contribution is 2.32. The number of aromatic nitrogens is 2. The predicted molar refractivity (Wildman–Crippen MR) is 112 cm³/mol. The molecule has 0 bridgehead atoms. The van der Waals surface area contributed by atoms with Gasteiger partial charge < -0.3 is 19.3 Å². The number of halogens is 3. The Kier molecular flexibility index (Phi) is 6.26. The number of alkyl halides is 3. The van der Waals surface area contributed by atoms with Crippen LogP contribution in [-0.4, -0.2) is 58.0 Å². The van der Waals surface area contributed by atoms with Crippen LogP contribution in [0.4, 0.5) is 18.9 Å². The van der Waals surface area contributed by atoms with Crippen LogP contribution in [0.2, 0.25) is 0 Å². The third-order valence-electron chi connectivity index (χ3n) is 5.01. The van der Waals surface area contributed by atoms with Crippen molar-refractivity contribution in [2.75, 3.05) is 36.8 Å². The highest BCUT2D eigenvalue weighted by Gasteiger charge is 2.31. The lowest BCUT2D eigenvalue weighted by atomic mass is 10.1. The van der Waals surface area contributed by atoms with Gasteiger partial charge in [-0.15, -0.1) is 10.2 Å². The molecule has 0 spiro atoms. The van der Waals surface area contributed by atoms with Crippen molar-refractivity contribution in [3.8, 4) is 17.2 Å². The maximum absolute atomic E-state index is 12.9. The third kappa shape index (κ3) is 5.16. The van der Waals surface area contributed by atoms with Crippen molar-refractivity contribution < 1.29 is 27.5 Å². The minimum atomic E-state index is -4.39. The molecule has 1 aromatic heterocycles. The molecule has 0 saturated carbocycles. The van der Waals surface area contributed by atoms with Crippen molar-refractivity contribution in [2.45, 2.75) is 11.4 Å². The van der Waals surface area contributed by atoms with Crippen molar-refractivity contribution >= 4 is 23.4 Å². The number of carbonyl (C=O) groups is 1. The van der Waals surface area contributed by atoms with E-state index in [1.807, 2.05) is 4.90 Å². The summed E-state index contributed by atoms with van der Waals surface area (Å²) >= 11 is 1.12. The fourth-order valence-electron chi connectivity index (χ4n) is 3.30. The quantitative estimate of drug-likeness (QED) is 0.574. The van der Waals surface area contributed by atoms with Gasteiger partial charge in [-0.1, -0.05) is 17.8 Å². The van der Waals surface area contributed by atoms with Crippen LogP contribution in [0.25, 0.3) is 11.5 Å². The number of carbonyl (C=O) groups excluding carboxylic acids is 1. The number of hydrogen-bond donors (Lipinski definition) is 1. The van der Waals surface area contributed by atoms with Gasteiger partial charge in [-0.05, 0) is 42.5 Å². The molecule has 11 heteroatoms. The van der Waals surface area contributed by atoms with Crippen LogP contribution in [0.1, 0.15) is 5.56 Å². The number of phenols is 1. The zero-order chi connectivity index (χ0) is 22.7. The highest BCUT2D eigenvalue weighted by molar-refractivity contribution is 7.99. The maximum Gasteiger partial charge on any atom is 0.416 e. The average Bonchev–Trinajstić information content (AvgIpc) is 3.27. The van der Waals surface area contributed by atoms with Gasteiger partial charge >= 0.3 is 6.18 Å². The van der Waals surface area contributed by atoms with Crippen LogP contribution in [0.3, 0.4) is 0 Å². The van der Waals surface area contributed by atoms with E-state index in [2.05, 4.69) is 10.2 Å². The number of hydrogen-bond acceptors (Lipinski definition) is 7. The van der Waals surface area contributed by atoms with E-state index < -0.39 is 11.7 Å². The molecule has 32 heavy (non-hydrogen) atoms. The Morgan fingerprint density at radius 1 is 1.06 bits per heavy atom. The molecule has 0 aliphatic carbocycles. The molecule has 1 aliphatic heterocycles. The van der Waals surface area contributed by atoms with Crippen LogP contribution in [-0.2, 0) is 11.0 Å². The molecule has 1 N–H and O–H groups in total. The van der Waals surface area contributed by atoms with Crippen molar-refractivity contribution in [1.82, 2.24) is 15.1 Å². The Labute approximate surface area is 185 Å². The SMILES string of the molecule is O=C(CSc1nnc(-c2ccc(O)cc2)o1)N1CCN(c2cccc(C(F)(F)F)c2)CC1. The number of anilines is 1. The van der Waals surface area contributed by atoms with E-state index in [9.17, 15) is 23.1 Å². The summed E-state index contributed by atoms with van der Waals surface area (Å²) in [5, 5.41) is 17.5. The molecule has 2 aromatic carbocycles. The Hall–Kier alpha value is -3.21. The summed E-state index contributed by atoms with van der Waals surface area (Å²) in [5.74, 6) is 0.417. The minimum absolute atomic E-state index is 0.108. The van der Waals surface area contributed by atoms with Gasteiger partial charge in [0.15, 0.2) is 0 Å². The number of amides is 1. The first-order valence-corrected chi connectivity index (χ1v) is 10.7. The number of rotatable bonds is 5. The second kappa shape index (κ2) is 9.11. The zero-order valence-electron chi connectivity index (χ0n) is 16.7. The summed E-state index contributed by atoms with van der Waals surface area (Å²) in [7, 11) is 0. The lowest BCUT2D eigenvalue weighted by molar-refractivity contribution is -0.137. The van der Waals surface area contributed by atoms with Crippen LogP contribution in [0.15, 0.2) is 58.2 Å². The Bertz CT molecular complexity index is 1080. The average molecular weight is 464 g/mol. The van der Waals surface area contributed by atoms with Crippen LogP contribution < -0.4 is 4.90 Å². The Morgan fingerprint density at radius 2 is 1.78 bits per heavy atom. The summed E-state index contributed by atoms with van der Waals surface area (Å²) in [4.78, 5) is 16.1. The number of thioether (sulfide) groups is 1. The number of piperazine rings is 1. The molecule has 0 unspecified atom stereocenters. The summed E-state index contributed by atoms with van der Waals surface area (Å²) in [6.45, 7) is 1.73. The normalized spacial score (nSPS) is 14.6. The van der Waals surface area contributed by atoms with E-state index in [4.69, 9.17) is 4.42 Å². The van der Waals surface area contributed by atoms with Gasteiger partial charge in [0.25, 0.3) is 5.22 Å². The van der Waals surface area contributed by atoms with E-state index in [-0.39, 0.29) is 28.5 Å². The summed E-state index contributed by atoms with van der Waals surface area (Å²) < 4.78 is 44.4. The fourth-order valence-corrected chi connectivity index (χ4v) is 3.96. The number of nitrogens with zero attached hydrogens (tertiary/aromatic N) is 4. The van der Waals surface area contributed by atoms with Crippen LogP contribution in [0.5, 0.6) is 5.75 Å². The molecular formula is C21H19F3N4O3S. The number of phenolic OH excluding ortho intramolecular Hbond substituents is 1. The first-order valence-electron chi connectivity index (χ1n) is 9.75. The highest BCUT2D eigenvalue weighted by atomic mass is 32.2. The van der Waals surface area contributed by atoms with Gasteiger partial charge in [-0.2, -0.15) is 13.2 Å². The molecular weight excluding hydrogens is 445 g/mol. The van der Waals surface area contributed by atoms with Crippen molar-refractivity contribution in [2.24, 2.45) is 0 Å². The molecule has 1 fully saturated rings. The van der Waals surface area contributed by atoms with Gasteiger partial charge in [0.05, 0.1) is 11.3 Å². The number of aromatic hydroxyl groups is 1. The lowest BCUT2D eigenvalue weighted by Crippen LogP contribution is -2.49. The second-order valence-electron chi connectivity index (χ2n) is 7.12.